The number of nitrogens with zero attached hydrogens (tertiary/aromatic N) is 2. The van der Waals surface area contributed by atoms with Crippen LogP contribution < -0.4 is 5.11 Å². The number of rotatable bonds is 2. The van der Waals surface area contributed by atoms with Gasteiger partial charge in [-0.1, -0.05) is 28.9 Å². The average molecular weight is 288 g/mol. The molecule has 0 unspecified atom stereocenters. The highest BCUT2D eigenvalue weighted by atomic mass is 35.5. The number of aryl methyl sites for hydroxylation is 1. The maximum absolute atomic E-state index is 11.3. The number of hydrogen-bond donors (Lipinski definition) is 0. The van der Waals surface area contributed by atoms with Gasteiger partial charge in [0.25, 0.3) is 5.71 Å². The zero-order chi connectivity index (χ0) is 14.3. The first-order valence-electron chi connectivity index (χ1n) is 5.80. The summed E-state index contributed by atoms with van der Waals surface area (Å²) < 4.78 is 5.05. The van der Waals surface area contributed by atoms with Crippen molar-refractivity contribution >= 4 is 28.7 Å². The second-order valence-electron chi connectivity index (χ2n) is 4.30. The largest absolute Gasteiger partial charge is 0.545 e. The molecule has 0 aliphatic heterocycles. The Morgan fingerprint density at radius 2 is 2.00 bits per heavy atom. The van der Waals surface area contributed by atoms with E-state index in [1.807, 2.05) is 0 Å². The monoisotopic (exact) mass is 287 g/mol. The van der Waals surface area contributed by atoms with Crippen LogP contribution in [-0.4, -0.2) is 16.1 Å². The first-order chi connectivity index (χ1) is 9.56. The Morgan fingerprint density at radius 1 is 1.30 bits per heavy atom. The van der Waals surface area contributed by atoms with Crippen LogP contribution in [0.25, 0.3) is 22.4 Å². The number of hydrogen-bond acceptors (Lipinski definition) is 5. The van der Waals surface area contributed by atoms with Gasteiger partial charge in [0, 0.05) is 16.1 Å². The number of carbonyl (C=O) groups excluding carboxylic acids is 1. The van der Waals surface area contributed by atoms with Crippen LogP contribution >= 0.6 is 11.6 Å². The highest BCUT2D eigenvalue weighted by Gasteiger charge is 2.14. The number of aromatic carboxylic acids is 1. The summed E-state index contributed by atoms with van der Waals surface area (Å²) in [6.45, 7) is 1.65. The van der Waals surface area contributed by atoms with Crippen molar-refractivity contribution in [3.63, 3.8) is 0 Å². The fourth-order valence-corrected chi connectivity index (χ4v) is 2.15. The lowest BCUT2D eigenvalue weighted by molar-refractivity contribution is -0.254. The van der Waals surface area contributed by atoms with Crippen molar-refractivity contribution in [3.05, 3.63) is 46.6 Å². The number of carbonyl (C=O) groups is 1. The molecule has 100 valence electrons. The summed E-state index contributed by atoms with van der Waals surface area (Å²) in [6.07, 6.45) is 0. The smallest absolute Gasteiger partial charge is 0.259 e. The molecule has 3 rings (SSSR count). The Kier molecular flexibility index (Phi) is 2.91. The Bertz CT molecular complexity index is 809. The first-order valence-corrected chi connectivity index (χ1v) is 6.18. The molecule has 0 saturated heterocycles. The third-order valence-electron chi connectivity index (χ3n) is 2.98. The molecular weight excluding hydrogens is 280 g/mol. The fraction of sp³-hybridized carbons (Fsp3) is 0.0714. The van der Waals surface area contributed by atoms with Crippen LogP contribution in [0.15, 0.2) is 34.9 Å². The molecule has 0 spiro atoms. The van der Waals surface area contributed by atoms with E-state index in [1.165, 1.54) is 6.07 Å². The zero-order valence-corrected chi connectivity index (χ0v) is 11.1. The van der Waals surface area contributed by atoms with Gasteiger partial charge in [-0.05, 0) is 25.1 Å². The highest BCUT2D eigenvalue weighted by Crippen LogP contribution is 2.27. The number of aromatic nitrogens is 2. The number of pyridine rings is 1. The van der Waals surface area contributed by atoms with Gasteiger partial charge in [-0.15, -0.1) is 0 Å². The number of halogens is 1. The minimum absolute atomic E-state index is 0.0127. The molecule has 0 fully saturated rings. The highest BCUT2D eigenvalue weighted by molar-refractivity contribution is 6.30. The van der Waals surface area contributed by atoms with E-state index in [9.17, 15) is 9.90 Å². The second kappa shape index (κ2) is 4.61. The lowest BCUT2D eigenvalue weighted by Gasteiger charge is -2.07. The second-order valence-corrected chi connectivity index (χ2v) is 4.73. The molecule has 2 heterocycles. The Balaban J connectivity index is 2.27. The van der Waals surface area contributed by atoms with Gasteiger partial charge in [0.1, 0.15) is 0 Å². The number of carboxylic acid groups (broad SMARTS) is 1. The van der Waals surface area contributed by atoms with E-state index in [0.717, 1.165) is 5.56 Å². The van der Waals surface area contributed by atoms with Gasteiger partial charge < -0.3 is 14.4 Å². The van der Waals surface area contributed by atoms with Crippen LogP contribution in [0.4, 0.5) is 0 Å². The topological polar surface area (TPSA) is 79.0 Å². The van der Waals surface area contributed by atoms with Crippen LogP contribution in [-0.2, 0) is 0 Å². The van der Waals surface area contributed by atoms with E-state index in [-0.39, 0.29) is 11.3 Å². The summed E-state index contributed by atoms with van der Waals surface area (Å²) in [5.74, 6) is -1.29. The Labute approximate surface area is 118 Å². The van der Waals surface area contributed by atoms with Crippen LogP contribution in [0.1, 0.15) is 16.1 Å². The lowest BCUT2D eigenvalue weighted by atomic mass is 10.1. The normalized spacial score (nSPS) is 10.9. The molecule has 0 saturated carbocycles. The maximum atomic E-state index is 11.3. The minimum atomic E-state index is -1.29. The molecule has 0 amide bonds. The molecule has 0 atom stereocenters. The number of carboxylic acids is 1. The molecule has 5 nitrogen and oxygen atoms in total. The molecule has 0 N–H and O–H groups in total. The molecule has 2 aromatic heterocycles. The standard InChI is InChI=1S/C14H9ClN2O3/c1-7-12-10(14(18)19)6-11(16-13(12)20-17-7)8-2-4-9(15)5-3-8/h2-6H,1H3,(H,18,19)/p-1. The molecule has 3 aromatic rings. The summed E-state index contributed by atoms with van der Waals surface area (Å²) in [5, 5.41) is 16.0. The molecule has 20 heavy (non-hydrogen) atoms. The van der Waals surface area contributed by atoms with Gasteiger partial charge >= 0.3 is 0 Å². The quantitative estimate of drug-likeness (QED) is 0.722. The molecule has 0 bridgehead atoms. The summed E-state index contributed by atoms with van der Waals surface area (Å²) in [4.78, 5) is 15.5. The third-order valence-corrected chi connectivity index (χ3v) is 3.23. The van der Waals surface area contributed by atoms with Crippen LogP contribution in [0.5, 0.6) is 0 Å². The Morgan fingerprint density at radius 3 is 2.65 bits per heavy atom. The summed E-state index contributed by atoms with van der Waals surface area (Å²) in [7, 11) is 0. The molecule has 6 heteroatoms. The Hall–Kier alpha value is -2.40. The molecule has 1 aromatic carbocycles. The van der Waals surface area contributed by atoms with Crippen molar-refractivity contribution in [1.82, 2.24) is 10.1 Å². The van der Waals surface area contributed by atoms with Crippen LogP contribution in [0.3, 0.4) is 0 Å². The SMILES string of the molecule is Cc1noc2nc(-c3ccc(Cl)cc3)cc(C(=O)[O-])c12. The van der Waals surface area contributed by atoms with Crippen LogP contribution in [0, 0.1) is 6.92 Å². The zero-order valence-electron chi connectivity index (χ0n) is 10.4. The molecule has 0 radical (unpaired) electrons. The lowest BCUT2D eigenvalue weighted by Crippen LogP contribution is -2.22. The van der Waals surface area contributed by atoms with Crippen LogP contribution in [0.2, 0.25) is 5.02 Å². The average Bonchev–Trinajstić information content (AvgIpc) is 2.80. The van der Waals surface area contributed by atoms with E-state index < -0.39 is 5.97 Å². The van der Waals surface area contributed by atoms with E-state index in [0.29, 0.717) is 21.8 Å². The summed E-state index contributed by atoms with van der Waals surface area (Å²) >= 11 is 5.83. The number of benzene rings is 1. The predicted octanol–water partition coefficient (Wildman–Crippen LogP) is 2.22. The molecule has 0 aliphatic rings. The van der Waals surface area contributed by atoms with Gasteiger partial charge in [0.2, 0.25) is 0 Å². The van der Waals surface area contributed by atoms with Gasteiger partial charge in [-0.25, -0.2) is 4.98 Å². The van der Waals surface area contributed by atoms with Gasteiger partial charge in [0.15, 0.2) is 0 Å². The third kappa shape index (κ3) is 2.02. The van der Waals surface area contributed by atoms with Crippen molar-refractivity contribution in [2.75, 3.05) is 0 Å². The van der Waals surface area contributed by atoms with E-state index >= 15 is 0 Å². The van der Waals surface area contributed by atoms with Gasteiger partial charge in [0.05, 0.1) is 22.7 Å². The molecular formula is C14H8ClN2O3-. The summed E-state index contributed by atoms with van der Waals surface area (Å²) in [6, 6.07) is 8.35. The fourth-order valence-electron chi connectivity index (χ4n) is 2.02. The van der Waals surface area contributed by atoms with E-state index in [1.54, 1.807) is 31.2 Å². The van der Waals surface area contributed by atoms with Crippen molar-refractivity contribution in [2.24, 2.45) is 0 Å². The minimum Gasteiger partial charge on any atom is -0.545 e. The van der Waals surface area contributed by atoms with E-state index in [2.05, 4.69) is 10.1 Å². The first kappa shape index (κ1) is 12.6. The maximum Gasteiger partial charge on any atom is 0.259 e. The van der Waals surface area contributed by atoms with Crippen molar-refractivity contribution < 1.29 is 14.4 Å². The number of fused-ring (bicyclic) bond motifs is 1. The van der Waals surface area contributed by atoms with Crippen molar-refractivity contribution in [1.29, 1.82) is 0 Å². The van der Waals surface area contributed by atoms with Crippen molar-refractivity contribution in [2.45, 2.75) is 6.92 Å². The summed E-state index contributed by atoms with van der Waals surface area (Å²) in [5.41, 5.74) is 1.85. The molecule has 0 aliphatic carbocycles. The van der Waals surface area contributed by atoms with Crippen molar-refractivity contribution in [3.8, 4) is 11.3 Å². The predicted molar refractivity (Wildman–Crippen MR) is 71.3 cm³/mol. The van der Waals surface area contributed by atoms with E-state index in [4.69, 9.17) is 16.1 Å². The van der Waals surface area contributed by atoms with Gasteiger partial charge in [-0.2, -0.15) is 0 Å². The van der Waals surface area contributed by atoms with Gasteiger partial charge in [-0.3, -0.25) is 0 Å².